The first-order valence-corrected chi connectivity index (χ1v) is 13.3. The summed E-state index contributed by atoms with van der Waals surface area (Å²) in [5.74, 6) is -0.0161. The van der Waals surface area contributed by atoms with E-state index in [1.807, 2.05) is 19.1 Å². The summed E-state index contributed by atoms with van der Waals surface area (Å²) in [5.41, 5.74) is 1.54. The van der Waals surface area contributed by atoms with Crippen LogP contribution >= 0.6 is 38.9 Å². The number of hydrogen-bond donors (Lipinski definition) is 1. The molecule has 0 spiro atoms. The molecule has 188 valence electrons. The van der Waals surface area contributed by atoms with Gasteiger partial charge in [-0.15, -0.1) is 0 Å². The predicted molar refractivity (Wildman–Crippen MR) is 143 cm³/mol. The molecule has 7 nitrogen and oxygen atoms in total. The number of phenolic OH excluding ortho intramolecular Hbond substituents is 1. The maximum atomic E-state index is 13.8. The van der Waals surface area contributed by atoms with E-state index in [2.05, 4.69) is 15.9 Å². The second-order valence-corrected chi connectivity index (χ2v) is 10.4. The van der Waals surface area contributed by atoms with Crippen molar-refractivity contribution in [3.05, 3.63) is 88.0 Å². The fourth-order valence-corrected chi connectivity index (χ4v) is 5.69. The Hall–Kier alpha value is -2.88. The quantitative estimate of drug-likeness (QED) is 0.402. The number of phenols is 1. The second kappa shape index (κ2) is 11.0. The van der Waals surface area contributed by atoms with E-state index >= 15 is 0 Å². The molecule has 2 heterocycles. The van der Waals surface area contributed by atoms with Crippen LogP contribution < -0.4 is 19.6 Å². The Bertz CT molecular complexity index is 1540. The molecule has 0 radical (unpaired) electrons. The monoisotopic (exact) mass is 590 g/mol. The Kier molecular flexibility index (Phi) is 8.02. The number of ether oxygens (including phenoxy) is 2. The van der Waals surface area contributed by atoms with Crippen LogP contribution in [0.4, 0.5) is 0 Å². The van der Waals surface area contributed by atoms with Crippen LogP contribution in [0, 0.1) is 0 Å². The third-order valence-corrected chi connectivity index (χ3v) is 7.37. The van der Waals surface area contributed by atoms with E-state index in [0.29, 0.717) is 48.9 Å². The van der Waals surface area contributed by atoms with Gasteiger partial charge < -0.3 is 14.6 Å². The predicted octanol–water partition coefficient (Wildman–Crippen LogP) is 4.71. The fraction of sp³-hybridized carbons (Fsp3) is 0.269. The third kappa shape index (κ3) is 5.00. The number of esters is 1. The van der Waals surface area contributed by atoms with Gasteiger partial charge in [0, 0.05) is 20.6 Å². The highest BCUT2D eigenvalue weighted by atomic mass is 79.9. The highest BCUT2D eigenvalue weighted by molar-refractivity contribution is 9.10. The van der Waals surface area contributed by atoms with Crippen molar-refractivity contribution in [2.75, 3.05) is 13.7 Å². The lowest BCUT2D eigenvalue weighted by Gasteiger charge is -2.27. The normalized spacial score (nSPS) is 15.5. The standard InChI is InChI=1S/C26H24BrClN2O5S/c1-4-6-18-22(25(33)35-5-2)23(17-13-15(27)7-10-20(17)34-3)30-24(32)21(36-26(30)29-18)12-14-11-16(28)8-9-19(14)31/h7-13,23,31H,4-6H2,1-3H3/b21-12+/t23-/m0/s1. The van der Waals surface area contributed by atoms with Crippen LogP contribution in [0.1, 0.15) is 43.9 Å². The number of methoxy groups -OCH3 is 1. The minimum absolute atomic E-state index is 0.00525. The van der Waals surface area contributed by atoms with E-state index in [1.165, 1.54) is 22.0 Å². The van der Waals surface area contributed by atoms with Gasteiger partial charge in [-0.3, -0.25) is 9.36 Å². The number of rotatable bonds is 7. The summed E-state index contributed by atoms with van der Waals surface area (Å²) in [5, 5.41) is 10.7. The van der Waals surface area contributed by atoms with Crippen LogP contribution in [-0.4, -0.2) is 29.4 Å². The SMILES string of the molecule is CCCC1=C(C(=O)OCC)[C@H](c2cc(Br)ccc2OC)n2c(s/c(=C/c3cc(Cl)ccc3O)c2=O)=N1. The summed E-state index contributed by atoms with van der Waals surface area (Å²) in [4.78, 5) is 32.3. The van der Waals surface area contributed by atoms with E-state index in [1.54, 1.807) is 38.3 Å². The molecule has 3 aromatic rings. The van der Waals surface area contributed by atoms with E-state index in [0.717, 1.165) is 10.9 Å². The zero-order valence-corrected chi connectivity index (χ0v) is 23.0. The van der Waals surface area contributed by atoms with Gasteiger partial charge in [-0.1, -0.05) is 52.2 Å². The molecular weight excluding hydrogens is 568 g/mol. The average molecular weight is 592 g/mol. The van der Waals surface area contributed by atoms with Crippen LogP contribution in [0.3, 0.4) is 0 Å². The molecule has 36 heavy (non-hydrogen) atoms. The van der Waals surface area contributed by atoms with E-state index < -0.39 is 12.0 Å². The first kappa shape index (κ1) is 26.2. The number of nitrogens with zero attached hydrogens (tertiary/aromatic N) is 2. The third-order valence-electron chi connectivity index (χ3n) is 5.65. The first-order chi connectivity index (χ1) is 17.3. The van der Waals surface area contributed by atoms with Gasteiger partial charge >= 0.3 is 5.97 Å². The average Bonchev–Trinajstić information content (AvgIpc) is 3.15. The van der Waals surface area contributed by atoms with Gasteiger partial charge in [0.25, 0.3) is 5.56 Å². The number of benzene rings is 2. The van der Waals surface area contributed by atoms with Gasteiger partial charge in [-0.2, -0.15) is 0 Å². The van der Waals surface area contributed by atoms with Crippen molar-refractivity contribution >= 4 is 50.9 Å². The molecule has 1 N–H and O–H groups in total. The minimum atomic E-state index is -0.815. The van der Waals surface area contributed by atoms with Gasteiger partial charge in [-0.05, 0) is 55.8 Å². The molecule has 10 heteroatoms. The Balaban J connectivity index is 2.07. The molecular formula is C26H24BrClN2O5S. The molecule has 4 rings (SSSR count). The van der Waals surface area contributed by atoms with Crippen molar-refractivity contribution in [3.8, 4) is 11.5 Å². The summed E-state index contributed by atoms with van der Waals surface area (Å²) in [7, 11) is 1.54. The Morgan fingerprint density at radius 2 is 2.06 bits per heavy atom. The first-order valence-electron chi connectivity index (χ1n) is 11.3. The molecule has 1 atom stereocenters. The largest absolute Gasteiger partial charge is 0.507 e. The second-order valence-electron chi connectivity index (χ2n) is 8.00. The maximum absolute atomic E-state index is 13.8. The van der Waals surface area contributed by atoms with Gasteiger partial charge in [0.2, 0.25) is 0 Å². The van der Waals surface area contributed by atoms with Gasteiger partial charge in [0.1, 0.15) is 17.5 Å². The molecule has 0 unspecified atom stereocenters. The van der Waals surface area contributed by atoms with Gasteiger partial charge in [0.15, 0.2) is 4.80 Å². The lowest BCUT2D eigenvalue weighted by Crippen LogP contribution is -2.40. The Morgan fingerprint density at radius 3 is 2.75 bits per heavy atom. The summed E-state index contributed by atoms with van der Waals surface area (Å²) in [6, 6.07) is 9.24. The molecule has 0 amide bonds. The fourth-order valence-electron chi connectivity index (χ4n) is 4.12. The van der Waals surface area contributed by atoms with E-state index in [4.69, 9.17) is 26.1 Å². The summed E-state index contributed by atoms with van der Waals surface area (Å²) >= 11 is 10.8. The number of carbonyl (C=O) groups is 1. The number of hydrogen-bond acceptors (Lipinski definition) is 7. The molecule has 1 aliphatic heterocycles. The van der Waals surface area contributed by atoms with Gasteiger partial charge in [0.05, 0.1) is 29.5 Å². The molecule has 0 saturated heterocycles. The smallest absolute Gasteiger partial charge is 0.338 e. The molecule has 1 aromatic heterocycles. The topological polar surface area (TPSA) is 90.1 Å². The number of aromatic nitrogens is 1. The Labute approximate surface area is 225 Å². The highest BCUT2D eigenvalue weighted by Crippen LogP contribution is 2.38. The van der Waals surface area contributed by atoms with Crippen LogP contribution in [0.25, 0.3) is 6.08 Å². The lowest BCUT2D eigenvalue weighted by molar-refractivity contribution is -0.139. The molecule has 1 aliphatic rings. The van der Waals surface area contributed by atoms with E-state index in [-0.39, 0.29) is 17.9 Å². The minimum Gasteiger partial charge on any atom is -0.507 e. The Morgan fingerprint density at radius 1 is 1.28 bits per heavy atom. The zero-order chi connectivity index (χ0) is 26.0. The van der Waals surface area contributed by atoms with Crippen molar-refractivity contribution in [2.24, 2.45) is 4.99 Å². The number of halogens is 2. The lowest BCUT2D eigenvalue weighted by atomic mass is 9.93. The molecule has 0 aliphatic carbocycles. The van der Waals surface area contributed by atoms with Crippen molar-refractivity contribution in [1.29, 1.82) is 0 Å². The summed E-state index contributed by atoms with van der Waals surface area (Å²) < 4.78 is 13.7. The number of allylic oxidation sites excluding steroid dienone is 1. The number of thiazole rings is 1. The van der Waals surface area contributed by atoms with Crippen LogP contribution in [-0.2, 0) is 9.53 Å². The van der Waals surface area contributed by atoms with Crippen molar-refractivity contribution in [2.45, 2.75) is 32.7 Å². The summed E-state index contributed by atoms with van der Waals surface area (Å²) in [6.45, 7) is 3.92. The van der Waals surface area contributed by atoms with E-state index in [9.17, 15) is 14.7 Å². The summed E-state index contributed by atoms with van der Waals surface area (Å²) in [6.07, 6.45) is 2.85. The zero-order valence-electron chi connectivity index (χ0n) is 19.9. The van der Waals surface area contributed by atoms with Crippen molar-refractivity contribution in [1.82, 2.24) is 4.57 Å². The maximum Gasteiger partial charge on any atom is 0.338 e. The molecule has 0 saturated carbocycles. The van der Waals surface area contributed by atoms with Crippen molar-refractivity contribution in [3.63, 3.8) is 0 Å². The van der Waals surface area contributed by atoms with Crippen LogP contribution in [0.5, 0.6) is 11.5 Å². The number of aromatic hydroxyl groups is 1. The van der Waals surface area contributed by atoms with Gasteiger partial charge in [-0.25, -0.2) is 9.79 Å². The number of carbonyl (C=O) groups excluding carboxylic acids is 1. The molecule has 0 bridgehead atoms. The van der Waals surface area contributed by atoms with Crippen LogP contribution in [0.2, 0.25) is 5.02 Å². The highest BCUT2D eigenvalue weighted by Gasteiger charge is 2.36. The van der Waals surface area contributed by atoms with Crippen molar-refractivity contribution < 1.29 is 19.4 Å². The number of fused-ring (bicyclic) bond motifs is 1. The van der Waals surface area contributed by atoms with Crippen LogP contribution in [0.15, 0.2) is 61.9 Å². The molecule has 0 fully saturated rings. The molecule has 2 aromatic carbocycles.